The van der Waals surface area contributed by atoms with Gasteiger partial charge in [-0.15, -0.1) is 0 Å². The van der Waals surface area contributed by atoms with Crippen molar-refractivity contribution in [3.8, 4) is 0 Å². The molecule has 2 heterocycles. The third-order valence-corrected chi connectivity index (χ3v) is 3.87. The molecular formula is C15H29LiO2. The molecule has 0 aromatic heterocycles. The third kappa shape index (κ3) is 5.25. The van der Waals surface area contributed by atoms with Crippen molar-refractivity contribution >= 4 is 0 Å². The molecule has 2 unspecified atom stereocenters. The second kappa shape index (κ2) is 9.43. The quantitative estimate of drug-likeness (QED) is 0.548. The van der Waals surface area contributed by atoms with Crippen LogP contribution in [0.1, 0.15) is 59.3 Å². The molecule has 0 amide bonds. The predicted octanol–water partition coefficient (Wildman–Crippen LogP) is 0.995. The zero-order valence-corrected chi connectivity index (χ0v) is 12.8. The van der Waals surface area contributed by atoms with Crippen molar-refractivity contribution in [1.29, 1.82) is 0 Å². The molecule has 0 N–H and O–H groups in total. The number of hydrogen-bond acceptors (Lipinski definition) is 2. The van der Waals surface area contributed by atoms with Gasteiger partial charge in [-0.2, -0.15) is 6.42 Å². The second-order valence-corrected chi connectivity index (χ2v) is 5.68. The van der Waals surface area contributed by atoms with Crippen LogP contribution in [0.4, 0.5) is 0 Å². The Bertz CT molecular complexity index is 175. The van der Waals surface area contributed by atoms with E-state index < -0.39 is 0 Å². The van der Waals surface area contributed by atoms with Crippen LogP contribution in [0.15, 0.2) is 0 Å². The van der Waals surface area contributed by atoms with Gasteiger partial charge in [0.25, 0.3) is 0 Å². The van der Waals surface area contributed by atoms with Crippen molar-refractivity contribution in [3.63, 3.8) is 0 Å². The molecule has 2 nitrogen and oxygen atoms in total. The molecule has 0 saturated carbocycles. The van der Waals surface area contributed by atoms with E-state index in [1.165, 1.54) is 32.1 Å². The molecule has 0 aromatic rings. The summed E-state index contributed by atoms with van der Waals surface area (Å²) in [5, 5.41) is 0. The Morgan fingerprint density at radius 2 is 1.44 bits per heavy atom. The molecule has 0 bridgehead atoms. The Morgan fingerprint density at radius 3 is 1.67 bits per heavy atom. The summed E-state index contributed by atoms with van der Waals surface area (Å²) in [5.74, 6) is 0. The van der Waals surface area contributed by atoms with Gasteiger partial charge in [0.15, 0.2) is 0 Å². The second-order valence-electron chi connectivity index (χ2n) is 5.68. The van der Waals surface area contributed by atoms with E-state index in [0.717, 1.165) is 19.6 Å². The molecule has 0 radical (unpaired) electrons. The maximum Gasteiger partial charge on any atom is 1.00 e. The van der Waals surface area contributed by atoms with E-state index in [2.05, 4.69) is 27.7 Å². The fourth-order valence-corrected chi connectivity index (χ4v) is 2.54. The predicted molar refractivity (Wildman–Crippen MR) is 72.0 cm³/mol. The van der Waals surface area contributed by atoms with E-state index in [-0.39, 0.29) is 24.3 Å². The van der Waals surface area contributed by atoms with E-state index in [9.17, 15) is 0 Å². The summed E-state index contributed by atoms with van der Waals surface area (Å²) >= 11 is 0. The molecule has 2 aliphatic heterocycles. The maximum atomic E-state index is 5.75. The first-order valence-electron chi connectivity index (χ1n) is 7.15. The van der Waals surface area contributed by atoms with Gasteiger partial charge < -0.3 is 16.4 Å². The minimum Gasteiger partial charge on any atom is -0.378 e. The van der Waals surface area contributed by atoms with Crippen LogP contribution in [0.2, 0.25) is 0 Å². The van der Waals surface area contributed by atoms with Gasteiger partial charge in [-0.05, 0) is 25.7 Å². The smallest absolute Gasteiger partial charge is 0.378 e. The van der Waals surface area contributed by atoms with Gasteiger partial charge in [-0.1, -0.05) is 27.2 Å². The average molecular weight is 248 g/mol. The number of rotatable bonds is 3. The van der Waals surface area contributed by atoms with Crippen molar-refractivity contribution in [2.45, 2.75) is 71.5 Å². The Hall–Kier alpha value is 0.517. The van der Waals surface area contributed by atoms with Gasteiger partial charge in [0.1, 0.15) is 0 Å². The van der Waals surface area contributed by atoms with Crippen LogP contribution in [-0.2, 0) is 9.47 Å². The molecule has 2 atom stereocenters. The van der Waals surface area contributed by atoms with Gasteiger partial charge >= 0.3 is 18.9 Å². The monoisotopic (exact) mass is 248 g/mol. The topological polar surface area (TPSA) is 18.5 Å². The van der Waals surface area contributed by atoms with Crippen LogP contribution in [0, 0.1) is 12.3 Å². The van der Waals surface area contributed by atoms with E-state index in [1.807, 2.05) is 0 Å². The SMILES string of the molecule is CC(C)(C1CCCO1)C1CCCO1.[CH2-]CCC.[Li+]. The first-order valence-corrected chi connectivity index (χ1v) is 7.15. The summed E-state index contributed by atoms with van der Waals surface area (Å²) < 4.78 is 11.5. The van der Waals surface area contributed by atoms with E-state index in [0.29, 0.717) is 12.2 Å². The summed E-state index contributed by atoms with van der Waals surface area (Å²) in [6.07, 6.45) is 8.01. The molecular weight excluding hydrogens is 219 g/mol. The van der Waals surface area contributed by atoms with Crippen LogP contribution in [-0.4, -0.2) is 25.4 Å². The van der Waals surface area contributed by atoms with Crippen LogP contribution in [0.25, 0.3) is 0 Å². The fraction of sp³-hybridized carbons (Fsp3) is 0.933. The van der Waals surface area contributed by atoms with E-state index in [4.69, 9.17) is 9.47 Å². The van der Waals surface area contributed by atoms with Crippen LogP contribution < -0.4 is 18.9 Å². The van der Waals surface area contributed by atoms with Gasteiger partial charge in [0.05, 0.1) is 12.2 Å². The van der Waals surface area contributed by atoms with Crippen molar-refractivity contribution in [1.82, 2.24) is 0 Å². The molecule has 0 aromatic carbocycles. The number of ether oxygens (including phenoxy) is 2. The summed E-state index contributed by atoms with van der Waals surface area (Å²) in [6.45, 7) is 12.2. The minimum absolute atomic E-state index is 0. The first-order chi connectivity index (χ1) is 8.12. The van der Waals surface area contributed by atoms with E-state index in [1.54, 1.807) is 0 Å². The summed E-state index contributed by atoms with van der Waals surface area (Å²) in [7, 11) is 0. The number of hydrogen-bond donors (Lipinski definition) is 0. The Kier molecular flexibility index (Phi) is 9.70. The van der Waals surface area contributed by atoms with Crippen molar-refractivity contribution in [2.24, 2.45) is 5.41 Å². The molecule has 2 saturated heterocycles. The first kappa shape index (κ1) is 18.5. The summed E-state index contributed by atoms with van der Waals surface area (Å²) in [5.41, 5.74) is 0.215. The average Bonchev–Trinajstić information content (AvgIpc) is 3.01. The van der Waals surface area contributed by atoms with Crippen LogP contribution >= 0.6 is 0 Å². The van der Waals surface area contributed by atoms with Crippen molar-refractivity contribution < 1.29 is 28.3 Å². The van der Waals surface area contributed by atoms with E-state index >= 15 is 0 Å². The molecule has 2 fully saturated rings. The van der Waals surface area contributed by atoms with Crippen molar-refractivity contribution in [2.75, 3.05) is 13.2 Å². The molecule has 2 rings (SSSR count). The molecule has 0 aliphatic carbocycles. The Labute approximate surface area is 125 Å². The third-order valence-electron chi connectivity index (χ3n) is 3.87. The number of unbranched alkanes of at least 4 members (excludes halogenated alkanes) is 1. The maximum absolute atomic E-state index is 5.75. The van der Waals surface area contributed by atoms with Crippen molar-refractivity contribution in [3.05, 3.63) is 6.92 Å². The van der Waals surface area contributed by atoms with Gasteiger partial charge in [-0.25, -0.2) is 0 Å². The molecule has 102 valence electrons. The largest absolute Gasteiger partial charge is 1.00 e. The van der Waals surface area contributed by atoms with Crippen LogP contribution in [0.5, 0.6) is 0 Å². The zero-order valence-electron chi connectivity index (χ0n) is 12.8. The molecule has 0 spiro atoms. The molecule has 3 heteroatoms. The Morgan fingerprint density at radius 1 is 1.06 bits per heavy atom. The standard InChI is InChI=1S/C11H20O2.C4H9.Li/c1-11(2,9-5-3-7-12-9)10-6-4-8-13-10;1-3-4-2;/h9-10H,3-8H2,1-2H3;1,3-4H2,2H3;/q;-1;+1. The normalized spacial score (nSPS) is 27.3. The molecule has 18 heavy (non-hydrogen) atoms. The van der Waals surface area contributed by atoms with Gasteiger partial charge in [0.2, 0.25) is 0 Å². The van der Waals surface area contributed by atoms with Gasteiger partial charge in [-0.3, -0.25) is 0 Å². The fourth-order valence-electron chi connectivity index (χ4n) is 2.54. The summed E-state index contributed by atoms with van der Waals surface area (Å²) in [6, 6.07) is 0. The van der Waals surface area contributed by atoms with Crippen LogP contribution in [0.3, 0.4) is 0 Å². The minimum atomic E-state index is 0. The zero-order chi connectivity index (χ0) is 12.7. The summed E-state index contributed by atoms with van der Waals surface area (Å²) in [4.78, 5) is 0. The molecule has 2 aliphatic rings. The van der Waals surface area contributed by atoms with Gasteiger partial charge in [0, 0.05) is 18.6 Å². The Balaban J connectivity index is 0.000000512.